The molecule has 0 unspecified atom stereocenters. The fourth-order valence-electron chi connectivity index (χ4n) is 0.326. The molecule has 0 aromatic rings. The molecular weight excluding hydrogens is 130 g/mol. The summed E-state index contributed by atoms with van der Waals surface area (Å²) in [6.45, 7) is 4.00. The van der Waals surface area contributed by atoms with Crippen LogP contribution in [0.5, 0.6) is 0 Å². The number of hydrogen-bond acceptors (Lipinski definition) is 3. The van der Waals surface area contributed by atoms with Crippen molar-refractivity contribution in [2.45, 2.75) is 13.8 Å². The Hall–Kier alpha value is -0.830. The molecule has 0 rings (SSSR count). The summed E-state index contributed by atoms with van der Waals surface area (Å²) in [6.07, 6.45) is 3.04. The summed E-state index contributed by atoms with van der Waals surface area (Å²) in [5.41, 5.74) is 4.50. The average molecular weight is 145 g/mol. The summed E-state index contributed by atoms with van der Waals surface area (Å²) in [5.74, 6) is -0.269. The molecule has 3 nitrogen and oxygen atoms in total. The zero-order chi connectivity index (χ0) is 8.41. The average Bonchev–Trinajstić information content (AvgIpc) is 1.93. The van der Waals surface area contributed by atoms with Crippen molar-refractivity contribution in [1.82, 2.24) is 0 Å². The minimum atomic E-state index is -0.269. The van der Waals surface area contributed by atoms with E-state index in [2.05, 4.69) is 10.5 Å². The Balaban J connectivity index is 0. The van der Waals surface area contributed by atoms with E-state index in [0.29, 0.717) is 6.61 Å². The van der Waals surface area contributed by atoms with Crippen LogP contribution in [0.3, 0.4) is 0 Å². The van der Waals surface area contributed by atoms with E-state index in [1.807, 2.05) is 0 Å². The summed E-state index contributed by atoms with van der Waals surface area (Å²) in [5, 5.41) is 0. The number of esters is 1. The number of hydrogen-bond donors (Lipinski definition) is 1. The second-order valence-electron chi connectivity index (χ2n) is 1.25. The van der Waals surface area contributed by atoms with Gasteiger partial charge in [0, 0.05) is 6.08 Å². The molecule has 10 heavy (non-hydrogen) atoms. The van der Waals surface area contributed by atoms with Crippen LogP contribution in [0.25, 0.3) is 0 Å². The van der Waals surface area contributed by atoms with Gasteiger partial charge in [0.05, 0.1) is 6.61 Å². The Morgan fingerprint density at radius 1 is 1.60 bits per heavy atom. The fraction of sp³-hybridized carbons (Fsp3) is 0.571. The highest BCUT2D eigenvalue weighted by molar-refractivity contribution is 5.81. The molecule has 0 aliphatic rings. The molecule has 0 radical (unpaired) electrons. The Morgan fingerprint density at radius 3 is 2.40 bits per heavy atom. The lowest BCUT2D eigenvalue weighted by Crippen LogP contribution is -1.98. The highest BCUT2D eigenvalue weighted by Gasteiger charge is 1.88. The van der Waals surface area contributed by atoms with E-state index in [9.17, 15) is 4.79 Å². The molecule has 0 aromatic carbocycles. The number of nitrogens with two attached hydrogens (primary N) is 1. The maximum atomic E-state index is 10.3. The van der Waals surface area contributed by atoms with E-state index in [4.69, 9.17) is 0 Å². The number of carbonyl (C=O) groups is 1. The van der Waals surface area contributed by atoms with E-state index < -0.39 is 0 Å². The minimum absolute atomic E-state index is 0.269. The van der Waals surface area contributed by atoms with E-state index in [1.165, 1.54) is 13.1 Å². The Bertz CT molecular complexity index is 99.8. The first-order chi connectivity index (χ1) is 4.81. The van der Waals surface area contributed by atoms with Crippen LogP contribution in [-0.4, -0.2) is 19.6 Å². The molecule has 0 spiro atoms. The van der Waals surface area contributed by atoms with Crippen LogP contribution in [0.2, 0.25) is 0 Å². The molecule has 0 saturated heterocycles. The summed E-state index contributed by atoms with van der Waals surface area (Å²) in [4.78, 5) is 10.3. The molecule has 0 aromatic heterocycles. The molecule has 0 atom stereocenters. The van der Waals surface area contributed by atoms with Crippen molar-refractivity contribution in [3.8, 4) is 0 Å². The van der Waals surface area contributed by atoms with E-state index in [1.54, 1.807) is 19.9 Å². The first-order valence-corrected chi connectivity index (χ1v) is 3.18. The molecule has 0 heterocycles. The van der Waals surface area contributed by atoms with Crippen molar-refractivity contribution in [2.24, 2.45) is 5.73 Å². The predicted molar refractivity (Wildman–Crippen MR) is 41.6 cm³/mol. The lowest BCUT2D eigenvalue weighted by atomic mass is 10.5. The third-order valence-corrected chi connectivity index (χ3v) is 0.589. The van der Waals surface area contributed by atoms with Gasteiger partial charge in [-0.15, -0.1) is 0 Å². The van der Waals surface area contributed by atoms with Gasteiger partial charge in [0.2, 0.25) is 0 Å². The Labute approximate surface area is 61.9 Å². The molecule has 0 bridgehead atoms. The first kappa shape index (κ1) is 11.9. The third kappa shape index (κ3) is 10.2. The summed E-state index contributed by atoms with van der Waals surface area (Å²) in [7, 11) is 1.50. The maximum Gasteiger partial charge on any atom is 0.330 e. The van der Waals surface area contributed by atoms with Crippen LogP contribution >= 0.6 is 0 Å². The normalized spacial score (nSPS) is 8.40. The molecule has 0 amide bonds. The van der Waals surface area contributed by atoms with Gasteiger partial charge in [0.15, 0.2) is 0 Å². The number of carbonyl (C=O) groups excluding carboxylic acids is 1. The zero-order valence-electron chi connectivity index (χ0n) is 6.76. The number of allylic oxidation sites excluding steroid dienone is 1. The van der Waals surface area contributed by atoms with Gasteiger partial charge in [-0.1, -0.05) is 6.08 Å². The quantitative estimate of drug-likeness (QED) is 0.459. The van der Waals surface area contributed by atoms with Crippen molar-refractivity contribution in [2.75, 3.05) is 13.7 Å². The zero-order valence-corrected chi connectivity index (χ0v) is 6.76. The fourth-order valence-corrected chi connectivity index (χ4v) is 0.326. The summed E-state index contributed by atoms with van der Waals surface area (Å²) >= 11 is 0. The standard InChI is InChI=1S/C6H10O2.CH5N/c1-3-5-6(7)8-4-2;1-2/h3,5H,4H2,1-2H3;2H2,1H3. The van der Waals surface area contributed by atoms with Crippen molar-refractivity contribution in [3.63, 3.8) is 0 Å². The van der Waals surface area contributed by atoms with Gasteiger partial charge < -0.3 is 10.5 Å². The van der Waals surface area contributed by atoms with Gasteiger partial charge in [-0.2, -0.15) is 0 Å². The van der Waals surface area contributed by atoms with Gasteiger partial charge in [-0.25, -0.2) is 4.79 Å². The SMILES string of the molecule is CC=CC(=O)OCC.CN. The maximum absolute atomic E-state index is 10.3. The minimum Gasteiger partial charge on any atom is -0.463 e. The van der Waals surface area contributed by atoms with Gasteiger partial charge in [0.25, 0.3) is 0 Å². The molecule has 60 valence electrons. The van der Waals surface area contributed by atoms with E-state index in [-0.39, 0.29) is 5.97 Å². The van der Waals surface area contributed by atoms with Crippen molar-refractivity contribution < 1.29 is 9.53 Å². The van der Waals surface area contributed by atoms with Gasteiger partial charge >= 0.3 is 5.97 Å². The van der Waals surface area contributed by atoms with Crippen molar-refractivity contribution in [3.05, 3.63) is 12.2 Å². The van der Waals surface area contributed by atoms with Crippen LogP contribution in [-0.2, 0) is 9.53 Å². The first-order valence-electron chi connectivity index (χ1n) is 3.18. The summed E-state index contributed by atoms with van der Waals surface area (Å²) in [6, 6.07) is 0. The third-order valence-electron chi connectivity index (χ3n) is 0.589. The predicted octanol–water partition coefficient (Wildman–Crippen LogP) is 0.701. The second-order valence-corrected chi connectivity index (χ2v) is 1.25. The van der Waals surface area contributed by atoms with Gasteiger partial charge in [-0.3, -0.25) is 0 Å². The van der Waals surface area contributed by atoms with E-state index in [0.717, 1.165) is 0 Å². The highest BCUT2D eigenvalue weighted by atomic mass is 16.5. The lowest BCUT2D eigenvalue weighted by molar-refractivity contribution is -0.137. The number of rotatable bonds is 2. The highest BCUT2D eigenvalue weighted by Crippen LogP contribution is 1.78. The van der Waals surface area contributed by atoms with Crippen LogP contribution in [0.4, 0.5) is 0 Å². The smallest absolute Gasteiger partial charge is 0.330 e. The molecule has 0 fully saturated rings. The molecule has 0 aliphatic heterocycles. The van der Waals surface area contributed by atoms with Gasteiger partial charge in [-0.05, 0) is 20.9 Å². The van der Waals surface area contributed by atoms with Crippen LogP contribution in [0.15, 0.2) is 12.2 Å². The Kier molecular flexibility index (Phi) is 13.1. The topological polar surface area (TPSA) is 52.3 Å². The largest absolute Gasteiger partial charge is 0.463 e. The Morgan fingerprint density at radius 2 is 2.10 bits per heavy atom. The summed E-state index contributed by atoms with van der Waals surface area (Å²) < 4.78 is 4.56. The molecule has 0 saturated carbocycles. The monoisotopic (exact) mass is 145 g/mol. The van der Waals surface area contributed by atoms with Gasteiger partial charge in [0.1, 0.15) is 0 Å². The molecule has 0 aliphatic carbocycles. The van der Waals surface area contributed by atoms with Crippen LogP contribution in [0.1, 0.15) is 13.8 Å². The van der Waals surface area contributed by atoms with Crippen molar-refractivity contribution in [1.29, 1.82) is 0 Å². The molecule has 3 heteroatoms. The van der Waals surface area contributed by atoms with Crippen LogP contribution < -0.4 is 5.73 Å². The van der Waals surface area contributed by atoms with E-state index >= 15 is 0 Å². The van der Waals surface area contributed by atoms with Crippen LogP contribution in [0, 0.1) is 0 Å². The molecule has 2 N–H and O–H groups in total. The lowest BCUT2D eigenvalue weighted by Gasteiger charge is -1.91. The van der Waals surface area contributed by atoms with Crippen molar-refractivity contribution >= 4 is 5.97 Å². The second kappa shape index (κ2) is 11.0. The molecular formula is C7H15NO2. The number of ether oxygens (including phenoxy) is 1.